The van der Waals surface area contributed by atoms with Gasteiger partial charge in [0.2, 0.25) is 0 Å². The number of nitrogens with one attached hydrogen (secondary N) is 2. The highest BCUT2D eigenvalue weighted by atomic mass is 32.1. The third-order valence-corrected chi connectivity index (χ3v) is 4.51. The molecule has 3 heterocycles. The molecule has 3 N–H and O–H groups in total. The zero-order chi connectivity index (χ0) is 18.5. The summed E-state index contributed by atoms with van der Waals surface area (Å²) in [7, 11) is 0. The van der Waals surface area contributed by atoms with Crippen LogP contribution >= 0.6 is 11.3 Å². The van der Waals surface area contributed by atoms with Crippen LogP contribution in [-0.2, 0) is 4.79 Å². The highest BCUT2D eigenvalue weighted by molar-refractivity contribution is 7.17. The molecular formula is C18H16N4O3S. The SMILES string of the molecule is Cc1ccnc(Nc2cccc(-c3ccc(C(=O)NCC(=O)O)s3)n2)c1. The predicted molar refractivity (Wildman–Crippen MR) is 99.8 cm³/mol. The Morgan fingerprint density at radius 3 is 2.77 bits per heavy atom. The van der Waals surface area contributed by atoms with Crippen molar-refractivity contribution in [3.8, 4) is 10.6 Å². The van der Waals surface area contributed by atoms with E-state index in [9.17, 15) is 9.59 Å². The van der Waals surface area contributed by atoms with Gasteiger partial charge < -0.3 is 15.7 Å². The third-order valence-electron chi connectivity index (χ3n) is 3.40. The lowest BCUT2D eigenvalue weighted by molar-refractivity contribution is -0.135. The second-order valence-electron chi connectivity index (χ2n) is 5.49. The van der Waals surface area contributed by atoms with Crippen LogP contribution < -0.4 is 10.6 Å². The molecule has 26 heavy (non-hydrogen) atoms. The van der Waals surface area contributed by atoms with Crippen molar-refractivity contribution < 1.29 is 14.7 Å². The molecule has 0 atom stereocenters. The number of thiophene rings is 1. The fraction of sp³-hybridized carbons (Fsp3) is 0.111. The molecule has 0 saturated carbocycles. The standard InChI is InChI=1S/C18H16N4O3S/c1-11-7-8-19-16(9-11)22-15-4-2-3-12(21-15)13-5-6-14(26-13)18(25)20-10-17(23)24/h2-9H,10H2,1H3,(H,20,25)(H,23,24)(H,19,21,22). The largest absolute Gasteiger partial charge is 0.480 e. The lowest BCUT2D eigenvalue weighted by Crippen LogP contribution is -2.28. The molecule has 0 spiro atoms. The van der Waals surface area contributed by atoms with E-state index in [0.717, 1.165) is 10.4 Å². The Balaban J connectivity index is 1.76. The number of hydrogen-bond donors (Lipinski definition) is 3. The molecule has 3 rings (SSSR count). The Kier molecular flexibility index (Phi) is 5.23. The summed E-state index contributed by atoms with van der Waals surface area (Å²) in [5.41, 5.74) is 1.80. The Morgan fingerprint density at radius 2 is 2.00 bits per heavy atom. The van der Waals surface area contributed by atoms with Gasteiger partial charge in [-0.3, -0.25) is 9.59 Å². The maximum atomic E-state index is 11.9. The molecule has 0 bridgehead atoms. The topological polar surface area (TPSA) is 104 Å². The van der Waals surface area contributed by atoms with E-state index >= 15 is 0 Å². The first-order chi connectivity index (χ1) is 12.5. The maximum Gasteiger partial charge on any atom is 0.322 e. The first kappa shape index (κ1) is 17.6. The molecule has 0 aliphatic rings. The number of aliphatic carboxylic acids is 1. The summed E-state index contributed by atoms with van der Waals surface area (Å²) in [6.07, 6.45) is 1.73. The first-order valence-electron chi connectivity index (χ1n) is 7.78. The number of rotatable bonds is 6. The van der Waals surface area contributed by atoms with E-state index in [4.69, 9.17) is 5.11 Å². The summed E-state index contributed by atoms with van der Waals surface area (Å²) in [6, 6.07) is 12.8. The summed E-state index contributed by atoms with van der Waals surface area (Å²) in [5.74, 6) is -0.150. The van der Waals surface area contributed by atoms with Crippen LogP contribution in [0.5, 0.6) is 0 Å². The molecular weight excluding hydrogens is 352 g/mol. The Hall–Kier alpha value is -3.26. The van der Waals surface area contributed by atoms with Crippen LogP contribution in [0.3, 0.4) is 0 Å². The third kappa shape index (κ3) is 4.42. The molecule has 8 heteroatoms. The number of amides is 1. The average molecular weight is 368 g/mol. The minimum atomic E-state index is -1.08. The molecule has 0 aromatic carbocycles. The van der Waals surface area contributed by atoms with Crippen molar-refractivity contribution in [2.24, 2.45) is 0 Å². The monoisotopic (exact) mass is 368 g/mol. The van der Waals surface area contributed by atoms with Crippen molar-refractivity contribution in [2.45, 2.75) is 6.92 Å². The summed E-state index contributed by atoms with van der Waals surface area (Å²) >= 11 is 1.25. The molecule has 132 valence electrons. The summed E-state index contributed by atoms with van der Waals surface area (Å²) in [4.78, 5) is 32.5. The molecule has 0 saturated heterocycles. The van der Waals surface area contributed by atoms with Gasteiger partial charge in [0.05, 0.1) is 15.4 Å². The van der Waals surface area contributed by atoms with Crippen molar-refractivity contribution >= 4 is 34.8 Å². The molecule has 0 radical (unpaired) electrons. The maximum absolute atomic E-state index is 11.9. The van der Waals surface area contributed by atoms with Gasteiger partial charge >= 0.3 is 5.97 Å². The second-order valence-corrected chi connectivity index (χ2v) is 6.58. The zero-order valence-electron chi connectivity index (χ0n) is 13.9. The van der Waals surface area contributed by atoms with Gasteiger partial charge in [-0.05, 0) is 48.9 Å². The lowest BCUT2D eigenvalue weighted by atomic mass is 10.3. The Bertz CT molecular complexity index is 955. The molecule has 3 aromatic rings. The fourth-order valence-corrected chi connectivity index (χ4v) is 3.11. The summed E-state index contributed by atoms with van der Waals surface area (Å²) < 4.78 is 0. The van der Waals surface area contributed by atoms with Gasteiger partial charge in [0, 0.05) is 6.20 Å². The van der Waals surface area contributed by atoms with E-state index in [-0.39, 0.29) is 0 Å². The van der Waals surface area contributed by atoms with Crippen LogP contribution in [0.1, 0.15) is 15.2 Å². The fourth-order valence-electron chi connectivity index (χ4n) is 2.22. The van der Waals surface area contributed by atoms with Gasteiger partial charge in [0.15, 0.2) is 0 Å². The minimum Gasteiger partial charge on any atom is -0.480 e. The number of carboxylic acid groups (broad SMARTS) is 1. The van der Waals surface area contributed by atoms with Crippen molar-refractivity contribution in [1.29, 1.82) is 0 Å². The number of carbonyl (C=O) groups excluding carboxylic acids is 1. The highest BCUT2D eigenvalue weighted by Gasteiger charge is 2.12. The number of pyridine rings is 2. The number of nitrogens with zero attached hydrogens (tertiary/aromatic N) is 2. The van der Waals surface area contributed by atoms with Gasteiger partial charge in [0.1, 0.15) is 18.2 Å². The van der Waals surface area contributed by atoms with Crippen LogP contribution in [0.4, 0.5) is 11.6 Å². The number of anilines is 2. The van der Waals surface area contributed by atoms with E-state index in [1.807, 2.05) is 37.3 Å². The minimum absolute atomic E-state index is 0.410. The van der Waals surface area contributed by atoms with Gasteiger partial charge in [-0.1, -0.05) is 6.07 Å². The number of carboxylic acids is 1. The van der Waals surface area contributed by atoms with Gasteiger partial charge in [-0.25, -0.2) is 9.97 Å². The quantitative estimate of drug-likeness (QED) is 0.618. The Labute approximate surface area is 153 Å². The Morgan fingerprint density at radius 1 is 1.15 bits per heavy atom. The van der Waals surface area contributed by atoms with Crippen molar-refractivity contribution in [2.75, 3.05) is 11.9 Å². The van der Waals surface area contributed by atoms with Crippen LogP contribution in [0.2, 0.25) is 0 Å². The van der Waals surface area contributed by atoms with E-state index in [2.05, 4.69) is 20.6 Å². The normalized spacial score (nSPS) is 10.3. The first-order valence-corrected chi connectivity index (χ1v) is 8.60. The van der Waals surface area contributed by atoms with E-state index in [1.54, 1.807) is 18.3 Å². The molecule has 0 unspecified atom stereocenters. The molecule has 3 aromatic heterocycles. The van der Waals surface area contributed by atoms with Gasteiger partial charge in [-0.2, -0.15) is 0 Å². The zero-order valence-corrected chi connectivity index (χ0v) is 14.7. The van der Waals surface area contributed by atoms with Gasteiger partial charge in [-0.15, -0.1) is 11.3 Å². The number of hydrogen-bond acceptors (Lipinski definition) is 6. The smallest absolute Gasteiger partial charge is 0.322 e. The van der Waals surface area contributed by atoms with Crippen LogP contribution in [0.15, 0.2) is 48.7 Å². The number of aromatic nitrogens is 2. The van der Waals surface area contributed by atoms with Crippen molar-refractivity contribution in [1.82, 2.24) is 15.3 Å². The van der Waals surface area contributed by atoms with Crippen LogP contribution in [-0.4, -0.2) is 33.5 Å². The number of carbonyl (C=O) groups is 2. The molecule has 7 nitrogen and oxygen atoms in total. The molecule has 0 fully saturated rings. The average Bonchev–Trinajstić information content (AvgIpc) is 3.10. The van der Waals surface area contributed by atoms with Crippen molar-refractivity contribution in [3.63, 3.8) is 0 Å². The lowest BCUT2D eigenvalue weighted by Gasteiger charge is -2.06. The van der Waals surface area contributed by atoms with E-state index in [1.165, 1.54) is 11.3 Å². The summed E-state index contributed by atoms with van der Waals surface area (Å²) in [6.45, 7) is 1.58. The highest BCUT2D eigenvalue weighted by Crippen LogP contribution is 2.28. The predicted octanol–water partition coefficient (Wildman–Crippen LogP) is 3.07. The van der Waals surface area contributed by atoms with E-state index in [0.29, 0.717) is 22.2 Å². The van der Waals surface area contributed by atoms with Gasteiger partial charge in [0.25, 0.3) is 5.91 Å². The number of aryl methyl sites for hydroxylation is 1. The van der Waals surface area contributed by atoms with Crippen LogP contribution in [0.25, 0.3) is 10.6 Å². The van der Waals surface area contributed by atoms with Crippen LogP contribution in [0, 0.1) is 6.92 Å². The van der Waals surface area contributed by atoms with Crippen molar-refractivity contribution in [3.05, 3.63) is 59.1 Å². The molecule has 0 aliphatic heterocycles. The molecule has 0 aliphatic carbocycles. The summed E-state index contributed by atoms with van der Waals surface area (Å²) in [5, 5.41) is 14.1. The second kappa shape index (κ2) is 7.75. The molecule has 1 amide bonds. The van der Waals surface area contributed by atoms with E-state index < -0.39 is 18.4 Å².